The van der Waals surface area contributed by atoms with Crippen molar-refractivity contribution in [1.82, 2.24) is 10.6 Å². The number of halogens is 1. The van der Waals surface area contributed by atoms with E-state index in [1.807, 2.05) is 26.8 Å². The van der Waals surface area contributed by atoms with Crippen LogP contribution >= 0.6 is 0 Å². The van der Waals surface area contributed by atoms with Crippen molar-refractivity contribution in [1.29, 1.82) is 0 Å². The van der Waals surface area contributed by atoms with Gasteiger partial charge in [0, 0.05) is 18.6 Å². The highest BCUT2D eigenvalue weighted by molar-refractivity contribution is 5.68. The Morgan fingerprint density at radius 1 is 1.32 bits per heavy atom. The molecule has 5 heteroatoms. The number of carbonyl (C=O) groups is 1. The minimum Gasteiger partial charge on any atom is -0.444 e. The molecule has 1 aromatic carbocycles. The average molecular weight is 308 g/mol. The highest BCUT2D eigenvalue weighted by Crippen LogP contribution is 2.21. The third-order valence-electron chi connectivity index (χ3n) is 3.68. The lowest BCUT2D eigenvalue weighted by atomic mass is 9.86. The molecule has 0 bridgehead atoms. The van der Waals surface area contributed by atoms with E-state index in [9.17, 15) is 9.18 Å². The molecule has 1 aliphatic carbocycles. The van der Waals surface area contributed by atoms with Crippen LogP contribution in [0, 0.1) is 12.7 Å². The summed E-state index contributed by atoms with van der Waals surface area (Å²) in [5.74, 6) is -0.172. The molecule has 0 spiro atoms. The van der Waals surface area contributed by atoms with E-state index in [2.05, 4.69) is 10.6 Å². The lowest BCUT2D eigenvalue weighted by molar-refractivity contribution is 0.0465. The van der Waals surface area contributed by atoms with E-state index >= 15 is 0 Å². The van der Waals surface area contributed by atoms with Gasteiger partial charge in [-0.25, -0.2) is 9.18 Å². The maximum absolute atomic E-state index is 13.2. The van der Waals surface area contributed by atoms with Crippen molar-refractivity contribution in [2.45, 2.75) is 64.8 Å². The Bertz CT molecular complexity index is 534. The van der Waals surface area contributed by atoms with Gasteiger partial charge in [0.25, 0.3) is 0 Å². The molecular formula is C17H25FN2O2. The summed E-state index contributed by atoms with van der Waals surface area (Å²) < 4.78 is 18.4. The predicted molar refractivity (Wildman–Crippen MR) is 84.2 cm³/mol. The summed E-state index contributed by atoms with van der Waals surface area (Å²) in [7, 11) is 0. The predicted octanol–water partition coefficient (Wildman–Crippen LogP) is 3.28. The SMILES string of the molecule is Cc1cc(CNC2CC(NC(=O)OC(C)(C)C)C2)ccc1F. The average Bonchev–Trinajstić information content (AvgIpc) is 2.33. The molecule has 22 heavy (non-hydrogen) atoms. The Morgan fingerprint density at radius 3 is 2.59 bits per heavy atom. The zero-order valence-electron chi connectivity index (χ0n) is 13.7. The van der Waals surface area contributed by atoms with Crippen LogP contribution in [0.3, 0.4) is 0 Å². The molecule has 4 nitrogen and oxygen atoms in total. The molecule has 0 saturated heterocycles. The molecule has 1 amide bonds. The van der Waals surface area contributed by atoms with Gasteiger partial charge in [-0.2, -0.15) is 0 Å². The monoisotopic (exact) mass is 308 g/mol. The second kappa shape index (κ2) is 6.65. The number of rotatable bonds is 4. The largest absolute Gasteiger partial charge is 0.444 e. The smallest absolute Gasteiger partial charge is 0.407 e. The third-order valence-corrected chi connectivity index (χ3v) is 3.68. The summed E-state index contributed by atoms with van der Waals surface area (Å²) in [5, 5.41) is 6.29. The van der Waals surface area contributed by atoms with Gasteiger partial charge in [0.05, 0.1) is 0 Å². The summed E-state index contributed by atoms with van der Waals surface area (Å²) in [6.07, 6.45) is 1.42. The number of alkyl carbamates (subject to hydrolysis) is 1. The molecule has 2 rings (SSSR count). The molecule has 1 aromatic rings. The number of hydrogen-bond acceptors (Lipinski definition) is 3. The lowest BCUT2D eigenvalue weighted by Gasteiger charge is -2.36. The molecule has 0 heterocycles. The Kier molecular flexibility index (Phi) is 5.06. The van der Waals surface area contributed by atoms with Crippen LogP contribution in [0.5, 0.6) is 0 Å². The first-order valence-electron chi connectivity index (χ1n) is 7.71. The molecule has 0 atom stereocenters. The number of hydrogen-bond donors (Lipinski definition) is 2. The summed E-state index contributed by atoms with van der Waals surface area (Å²) in [6, 6.07) is 5.70. The minimum atomic E-state index is -0.466. The fourth-order valence-corrected chi connectivity index (χ4v) is 2.46. The molecule has 1 fully saturated rings. The van der Waals surface area contributed by atoms with E-state index in [0.717, 1.165) is 18.4 Å². The quantitative estimate of drug-likeness (QED) is 0.897. The van der Waals surface area contributed by atoms with Crippen LogP contribution in [0.2, 0.25) is 0 Å². The molecule has 122 valence electrons. The van der Waals surface area contributed by atoms with Gasteiger partial charge in [-0.1, -0.05) is 12.1 Å². The van der Waals surface area contributed by atoms with Crippen LogP contribution in [0.4, 0.5) is 9.18 Å². The number of ether oxygens (including phenoxy) is 1. The van der Waals surface area contributed by atoms with Gasteiger partial charge in [0.15, 0.2) is 0 Å². The van der Waals surface area contributed by atoms with Crippen molar-refractivity contribution in [3.8, 4) is 0 Å². The Morgan fingerprint density at radius 2 is 2.00 bits per heavy atom. The zero-order chi connectivity index (χ0) is 16.3. The maximum Gasteiger partial charge on any atom is 0.407 e. The summed E-state index contributed by atoms with van der Waals surface area (Å²) in [6.45, 7) is 8.03. The first kappa shape index (κ1) is 16.7. The van der Waals surface area contributed by atoms with Crippen molar-refractivity contribution in [2.24, 2.45) is 0 Å². The van der Waals surface area contributed by atoms with Crippen LogP contribution in [0.25, 0.3) is 0 Å². The number of aryl methyl sites for hydroxylation is 1. The first-order chi connectivity index (χ1) is 10.2. The van der Waals surface area contributed by atoms with Crippen LogP contribution in [0.15, 0.2) is 18.2 Å². The molecule has 2 N–H and O–H groups in total. The van der Waals surface area contributed by atoms with E-state index in [1.165, 1.54) is 6.07 Å². The van der Waals surface area contributed by atoms with Crippen molar-refractivity contribution >= 4 is 6.09 Å². The van der Waals surface area contributed by atoms with E-state index in [4.69, 9.17) is 4.74 Å². The molecule has 1 aliphatic rings. The van der Waals surface area contributed by atoms with Gasteiger partial charge in [0.2, 0.25) is 0 Å². The summed E-state index contributed by atoms with van der Waals surface area (Å²) in [4.78, 5) is 11.6. The standard InChI is InChI=1S/C17H25FN2O2/c1-11-7-12(5-6-15(11)18)10-19-13-8-14(9-13)20-16(21)22-17(2,3)4/h5-7,13-14,19H,8-10H2,1-4H3,(H,20,21). The second-order valence-electron chi connectivity index (χ2n) is 6.98. The van der Waals surface area contributed by atoms with Crippen LogP contribution < -0.4 is 10.6 Å². The Hall–Kier alpha value is -1.62. The highest BCUT2D eigenvalue weighted by Gasteiger charge is 2.31. The van der Waals surface area contributed by atoms with Gasteiger partial charge < -0.3 is 15.4 Å². The fourth-order valence-electron chi connectivity index (χ4n) is 2.46. The number of amides is 1. The number of benzene rings is 1. The van der Waals surface area contributed by atoms with Crippen LogP contribution in [0.1, 0.15) is 44.7 Å². The van der Waals surface area contributed by atoms with Gasteiger partial charge in [0.1, 0.15) is 11.4 Å². The fraction of sp³-hybridized carbons (Fsp3) is 0.588. The van der Waals surface area contributed by atoms with Gasteiger partial charge in [-0.15, -0.1) is 0 Å². The highest BCUT2D eigenvalue weighted by atomic mass is 19.1. The molecule has 0 radical (unpaired) electrons. The summed E-state index contributed by atoms with van der Waals surface area (Å²) in [5.41, 5.74) is 1.27. The normalized spacial score (nSPS) is 21.1. The number of carbonyl (C=O) groups excluding carboxylic acids is 1. The molecule has 0 unspecified atom stereocenters. The minimum absolute atomic E-state index is 0.169. The molecular weight excluding hydrogens is 283 g/mol. The Labute approximate surface area is 131 Å². The van der Waals surface area contributed by atoms with Crippen molar-refractivity contribution in [2.75, 3.05) is 0 Å². The second-order valence-corrected chi connectivity index (χ2v) is 6.98. The lowest BCUT2D eigenvalue weighted by Crippen LogP contribution is -2.52. The zero-order valence-corrected chi connectivity index (χ0v) is 13.7. The molecule has 0 aliphatic heterocycles. The van der Waals surface area contributed by atoms with E-state index in [1.54, 1.807) is 13.0 Å². The Balaban J connectivity index is 1.67. The van der Waals surface area contributed by atoms with Gasteiger partial charge >= 0.3 is 6.09 Å². The number of nitrogens with one attached hydrogen (secondary N) is 2. The summed E-state index contributed by atoms with van der Waals surface area (Å²) >= 11 is 0. The topological polar surface area (TPSA) is 50.4 Å². The molecule has 1 saturated carbocycles. The first-order valence-corrected chi connectivity index (χ1v) is 7.71. The maximum atomic E-state index is 13.2. The van der Waals surface area contributed by atoms with Gasteiger partial charge in [-0.05, 0) is 57.7 Å². The van der Waals surface area contributed by atoms with E-state index < -0.39 is 5.60 Å². The van der Waals surface area contributed by atoms with Crippen LogP contribution in [-0.4, -0.2) is 23.8 Å². The van der Waals surface area contributed by atoms with E-state index in [-0.39, 0.29) is 18.0 Å². The van der Waals surface area contributed by atoms with Crippen molar-refractivity contribution in [3.05, 3.63) is 35.1 Å². The van der Waals surface area contributed by atoms with Crippen LogP contribution in [-0.2, 0) is 11.3 Å². The molecule has 0 aromatic heterocycles. The van der Waals surface area contributed by atoms with Crippen molar-refractivity contribution in [3.63, 3.8) is 0 Å². The van der Waals surface area contributed by atoms with Gasteiger partial charge in [-0.3, -0.25) is 0 Å². The van der Waals surface area contributed by atoms with E-state index in [0.29, 0.717) is 18.2 Å². The third kappa shape index (κ3) is 4.98. The van der Waals surface area contributed by atoms with Crippen molar-refractivity contribution < 1.29 is 13.9 Å².